The summed E-state index contributed by atoms with van der Waals surface area (Å²) in [5.41, 5.74) is 1.60. The van der Waals surface area contributed by atoms with Crippen molar-refractivity contribution in [3.05, 3.63) is 65.2 Å². The van der Waals surface area contributed by atoms with Crippen molar-refractivity contribution < 1.29 is 27.5 Å². The van der Waals surface area contributed by atoms with Gasteiger partial charge in [-0.15, -0.1) is 0 Å². The van der Waals surface area contributed by atoms with E-state index in [1.807, 2.05) is 12.1 Å². The monoisotopic (exact) mass is 508 g/mol. The van der Waals surface area contributed by atoms with Gasteiger partial charge in [0.15, 0.2) is 11.5 Å². The van der Waals surface area contributed by atoms with Gasteiger partial charge in [-0.2, -0.15) is 4.31 Å². The average molecular weight is 509 g/mol. The predicted octanol–water partition coefficient (Wildman–Crippen LogP) is 3.87. The molecule has 0 radical (unpaired) electrons. The minimum Gasteiger partial charge on any atom is -0.493 e. The standard InChI is InChI=1S/C27H28N2O6S/c1-34-22-16-18(17-23(25(22)35-2)36(32,33)28-13-4-3-5-14-28)12-15-29-26(30)20-10-6-8-19-9-7-11-21(24(19)20)27(29)31/h6-11,16-17H,3-5,12-15H2,1-2H3. The third-order valence-electron chi connectivity index (χ3n) is 6.92. The Labute approximate surface area is 210 Å². The highest BCUT2D eigenvalue weighted by Crippen LogP contribution is 2.38. The molecule has 2 amide bonds. The fourth-order valence-electron chi connectivity index (χ4n) is 5.09. The molecule has 0 bridgehead atoms. The molecule has 0 saturated carbocycles. The Balaban J connectivity index is 1.47. The molecule has 5 rings (SSSR count). The molecule has 1 fully saturated rings. The van der Waals surface area contributed by atoms with Gasteiger partial charge in [0, 0.05) is 36.1 Å². The zero-order chi connectivity index (χ0) is 25.4. The summed E-state index contributed by atoms with van der Waals surface area (Å²) in [4.78, 5) is 27.8. The maximum atomic E-state index is 13.5. The van der Waals surface area contributed by atoms with E-state index in [-0.39, 0.29) is 41.2 Å². The number of ether oxygens (including phenoxy) is 2. The maximum absolute atomic E-state index is 13.5. The van der Waals surface area contributed by atoms with Gasteiger partial charge in [0.1, 0.15) is 4.90 Å². The zero-order valence-corrected chi connectivity index (χ0v) is 21.1. The summed E-state index contributed by atoms with van der Waals surface area (Å²) in [7, 11) is -0.945. The first kappa shape index (κ1) is 24.3. The molecule has 0 spiro atoms. The van der Waals surface area contributed by atoms with Crippen LogP contribution in [-0.4, -0.2) is 63.3 Å². The molecule has 2 aliphatic heterocycles. The summed E-state index contributed by atoms with van der Waals surface area (Å²) in [5.74, 6) is -0.272. The first-order valence-electron chi connectivity index (χ1n) is 12.0. The van der Waals surface area contributed by atoms with Gasteiger partial charge in [-0.3, -0.25) is 14.5 Å². The number of hydrogen-bond donors (Lipinski definition) is 0. The summed E-state index contributed by atoms with van der Waals surface area (Å²) >= 11 is 0. The Morgan fingerprint density at radius 2 is 1.50 bits per heavy atom. The Morgan fingerprint density at radius 1 is 0.861 bits per heavy atom. The van der Waals surface area contributed by atoms with Crippen molar-refractivity contribution in [1.29, 1.82) is 0 Å². The van der Waals surface area contributed by atoms with Gasteiger partial charge >= 0.3 is 0 Å². The molecular weight excluding hydrogens is 480 g/mol. The number of carbonyl (C=O) groups excluding carboxylic acids is 2. The number of amides is 2. The van der Waals surface area contributed by atoms with Crippen LogP contribution in [0.2, 0.25) is 0 Å². The van der Waals surface area contributed by atoms with Crippen LogP contribution in [0.1, 0.15) is 45.5 Å². The van der Waals surface area contributed by atoms with Crippen molar-refractivity contribution in [2.24, 2.45) is 0 Å². The van der Waals surface area contributed by atoms with E-state index in [1.165, 1.54) is 23.4 Å². The van der Waals surface area contributed by atoms with Gasteiger partial charge in [0.2, 0.25) is 10.0 Å². The third-order valence-corrected chi connectivity index (χ3v) is 8.82. The van der Waals surface area contributed by atoms with E-state index in [1.54, 1.807) is 36.4 Å². The molecule has 2 aliphatic rings. The van der Waals surface area contributed by atoms with Gasteiger partial charge in [-0.1, -0.05) is 30.7 Å². The average Bonchev–Trinajstić information content (AvgIpc) is 2.91. The highest BCUT2D eigenvalue weighted by Gasteiger charge is 2.34. The first-order valence-corrected chi connectivity index (χ1v) is 13.4. The number of benzene rings is 3. The molecule has 0 N–H and O–H groups in total. The molecule has 1 saturated heterocycles. The number of imide groups is 1. The van der Waals surface area contributed by atoms with Crippen LogP contribution in [0.25, 0.3) is 10.8 Å². The number of nitrogens with zero attached hydrogens (tertiary/aromatic N) is 2. The second-order valence-electron chi connectivity index (χ2n) is 9.02. The first-order chi connectivity index (χ1) is 17.4. The molecule has 8 nitrogen and oxygen atoms in total. The Morgan fingerprint density at radius 3 is 2.08 bits per heavy atom. The number of methoxy groups -OCH3 is 2. The lowest BCUT2D eigenvalue weighted by atomic mass is 9.94. The molecular formula is C27H28N2O6S. The Hall–Kier alpha value is -3.43. The van der Waals surface area contributed by atoms with Crippen molar-refractivity contribution in [3.63, 3.8) is 0 Å². The highest BCUT2D eigenvalue weighted by atomic mass is 32.2. The lowest BCUT2D eigenvalue weighted by molar-refractivity contribution is 0.0612. The van der Waals surface area contributed by atoms with Crippen molar-refractivity contribution >= 4 is 32.6 Å². The summed E-state index contributed by atoms with van der Waals surface area (Å²) in [6.45, 7) is 1.01. The summed E-state index contributed by atoms with van der Waals surface area (Å²) in [6.07, 6.45) is 2.89. The minimum absolute atomic E-state index is 0.0349. The summed E-state index contributed by atoms with van der Waals surface area (Å²) < 4.78 is 39.4. The van der Waals surface area contributed by atoms with Crippen LogP contribution >= 0.6 is 0 Å². The maximum Gasteiger partial charge on any atom is 0.261 e. The lowest BCUT2D eigenvalue weighted by Crippen LogP contribution is -2.41. The number of sulfonamides is 1. The van der Waals surface area contributed by atoms with Gasteiger partial charge in [0.05, 0.1) is 14.2 Å². The van der Waals surface area contributed by atoms with Crippen LogP contribution in [0.15, 0.2) is 53.4 Å². The van der Waals surface area contributed by atoms with E-state index in [9.17, 15) is 18.0 Å². The molecule has 3 aromatic carbocycles. The predicted molar refractivity (Wildman–Crippen MR) is 135 cm³/mol. The quantitative estimate of drug-likeness (QED) is 0.450. The number of rotatable bonds is 7. The molecule has 9 heteroatoms. The van der Waals surface area contributed by atoms with E-state index < -0.39 is 10.0 Å². The fraction of sp³-hybridized carbons (Fsp3) is 0.333. The van der Waals surface area contributed by atoms with Crippen LogP contribution in [-0.2, 0) is 16.4 Å². The third kappa shape index (κ3) is 4.02. The van der Waals surface area contributed by atoms with Crippen molar-refractivity contribution in [3.8, 4) is 11.5 Å². The van der Waals surface area contributed by atoms with Gasteiger partial charge < -0.3 is 9.47 Å². The largest absolute Gasteiger partial charge is 0.493 e. The van der Waals surface area contributed by atoms with Crippen LogP contribution < -0.4 is 9.47 Å². The minimum atomic E-state index is -3.81. The van der Waals surface area contributed by atoms with Gasteiger partial charge in [-0.25, -0.2) is 8.42 Å². The Kier molecular flexibility index (Phi) is 6.44. The van der Waals surface area contributed by atoms with Crippen LogP contribution in [0.4, 0.5) is 0 Å². The van der Waals surface area contributed by atoms with Gasteiger partial charge in [0.25, 0.3) is 11.8 Å². The number of carbonyl (C=O) groups is 2. The Bertz CT molecular complexity index is 1410. The van der Waals surface area contributed by atoms with Crippen molar-refractivity contribution in [1.82, 2.24) is 9.21 Å². The highest BCUT2D eigenvalue weighted by molar-refractivity contribution is 7.89. The summed E-state index contributed by atoms with van der Waals surface area (Å²) in [5, 5.41) is 1.52. The molecule has 188 valence electrons. The van der Waals surface area contributed by atoms with Crippen LogP contribution in [0, 0.1) is 0 Å². The van der Waals surface area contributed by atoms with Crippen LogP contribution in [0.5, 0.6) is 11.5 Å². The van der Waals surface area contributed by atoms with E-state index >= 15 is 0 Å². The van der Waals surface area contributed by atoms with Crippen molar-refractivity contribution in [2.45, 2.75) is 30.6 Å². The van der Waals surface area contributed by atoms with E-state index in [0.29, 0.717) is 35.2 Å². The molecule has 0 aromatic heterocycles. The van der Waals surface area contributed by atoms with E-state index in [2.05, 4.69) is 0 Å². The topological polar surface area (TPSA) is 93.2 Å². The zero-order valence-electron chi connectivity index (χ0n) is 20.3. The molecule has 2 heterocycles. The molecule has 0 unspecified atom stereocenters. The lowest BCUT2D eigenvalue weighted by Gasteiger charge is -2.28. The van der Waals surface area contributed by atoms with E-state index in [0.717, 1.165) is 24.6 Å². The van der Waals surface area contributed by atoms with E-state index in [4.69, 9.17) is 9.47 Å². The summed E-state index contributed by atoms with van der Waals surface area (Å²) in [6, 6.07) is 14.1. The molecule has 0 atom stereocenters. The fourth-order valence-corrected chi connectivity index (χ4v) is 6.82. The van der Waals surface area contributed by atoms with Crippen LogP contribution in [0.3, 0.4) is 0 Å². The number of piperidine rings is 1. The smallest absolute Gasteiger partial charge is 0.261 e. The van der Waals surface area contributed by atoms with Gasteiger partial charge in [-0.05, 0) is 54.5 Å². The second-order valence-corrected chi connectivity index (χ2v) is 10.9. The SMILES string of the molecule is COc1cc(CCN2C(=O)c3cccc4cccc(c34)C2=O)cc(S(=O)(=O)N2CCCCC2)c1OC. The molecule has 0 aliphatic carbocycles. The number of hydrogen-bond acceptors (Lipinski definition) is 6. The molecule has 3 aromatic rings. The molecule has 36 heavy (non-hydrogen) atoms. The normalized spacial score (nSPS) is 16.4. The second kappa shape index (κ2) is 9.55. The van der Waals surface area contributed by atoms with Crippen molar-refractivity contribution in [2.75, 3.05) is 33.9 Å².